The third-order valence-corrected chi connectivity index (χ3v) is 4.97. The molecule has 24 heavy (non-hydrogen) atoms. The molecule has 0 radical (unpaired) electrons. The van der Waals surface area contributed by atoms with Crippen LogP contribution in [-0.2, 0) is 14.6 Å². The third kappa shape index (κ3) is 5.20. The Morgan fingerprint density at radius 3 is 2.04 bits per heavy atom. The van der Waals surface area contributed by atoms with Crippen molar-refractivity contribution in [3.8, 4) is 0 Å². The van der Waals surface area contributed by atoms with Crippen molar-refractivity contribution in [2.24, 2.45) is 0 Å². The van der Waals surface area contributed by atoms with Gasteiger partial charge in [0.2, 0.25) is 5.91 Å². The summed E-state index contributed by atoms with van der Waals surface area (Å²) in [7, 11) is -3.43. The minimum atomic E-state index is -3.43. The van der Waals surface area contributed by atoms with E-state index in [9.17, 15) is 18.0 Å². The molecule has 0 atom stereocenters. The molecule has 2 aromatic rings. The Hall–Kier alpha value is -2.67. The molecule has 7 heteroatoms. The van der Waals surface area contributed by atoms with Crippen molar-refractivity contribution in [3.05, 3.63) is 66.2 Å². The van der Waals surface area contributed by atoms with Crippen LogP contribution in [0.3, 0.4) is 0 Å². The molecule has 126 valence electrons. The Morgan fingerprint density at radius 2 is 1.42 bits per heavy atom. The first-order valence-corrected chi connectivity index (χ1v) is 9.02. The molecular formula is C17H18N2O4S. The smallest absolute Gasteiger partial charge is 0.251 e. The maximum absolute atomic E-state index is 12.0. The van der Waals surface area contributed by atoms with Gasteiger partial charge in [-0.05, 0) is 24.3 Å². The molecule has 0 fully saturated rings. The van der Waals surface area contributed by atoms with Gasteiger partial charge in [0.25, 0.3) is 5.91 Å². The lowest BCUT2D eigenvalue weighted by Crippen LogP contribution is -2.38. The standard InChI is InChI=1S/C17H18N2O4S/c20-16(13-19-17(21)14-7-3-1-4-8-14)18-11-12-24(22,23)15-9-5-2-6-10-15/h1-10H,11-13H2,(H,18,20)(H,19,21). The predicted molar refractivity (Wildman–Crippen MR) is 90.3 cm³/mol. The Bertz CT molecular complexity index is 790. The van der Waals surface area contributed by atoms with Crippen LogP contribution in [0.4, 0.5) is 0 Å². The summed E-state index contributed by atoms with van der Waals surface area (Å²) in [6.07, 6.45) is 0. The summed E-state index contributed by atoms with van der Waals surface area (Å²) in [6, 6.07) is 16.6. The summed E-state index contributed by atoms with van der Waals surface area (Å²) < 4.78 is 24.1. The summed E-state index contributed by atoms with van der Waals surface area (Å²) >= 11 is 0. The number of carbonyl (C=O) groups excluding carboxylic acids is 2. The molecule has 0 saturated heterocycles. The van der Waals surface area contributed by atoms with Gasteiger partial charge in [-0.1, -0.05) is 36.4 Å². The Kier molecular flexibility index (Phi) is 6.08. The van der Waals surface area contributed by atoms with E-state index < -0.39 is 15.7 Å². The summed E-state index contributed by atoms with van der Waals surface area (Å²) in [5.74, 6) is -1.000. The molecule has 0 unspecified atom stereocenters. The van der Waals surface area contributed by atoms with E-state index in [1.165, 1.54) is 12.1 Å². The molecule has 2 amide bonds. The average molecular weight is 346 g/mol. The zero-order valence-corrected chi connectivity index (χ0v) is 13.8. The second-order valence-corrected chi connectivity index (χ2v) is 7.14. The van der Waals surface area contributed by atoms with Gasteiger partial charge >= 0.3 is 0 Å². The van der Waals surface area contributed by atoms with E-state index in [1.54, 1.807) is 48.5 Å². The summed E-state index contributed by atoms with van der Waals surface area (Å²) in [5, 5.41) is 4.96. The number of amides is 2. The van der Waals surface area contributed by atoms with Gasteiger partial charge in [0.15, 0.2) is 9.84 Å². The predicted octanol–water partition coefficient (Wildman–Crippen LogP) is 1.01. The molecule has 0 saturated carbocycles. The van der Waals surface area contributed by atoms with Crippen molar-refractivity contribution in [2.45, 2.75) is 4.90 Å². The molecule has 2 N–H and O–H groups in total. The van der Waals surface area contributed by atoms with Gasteiger partial charge in [-0.3, -0.25) is 9.59 Å². The first kappa shape index (κ1) is 17.7. The van der Waals surface area contributed by atoms with Crippen molar-refractivity contribution in [1.29, 1.82) is 0 Å². The number of benzene rings is 2. The second-order valence-electron chi connectivity index (χ2n) is 5.03. The van der Waals surface area contributed by atoms with Crippen LogP contribution in [0.2, 0.25) is 0 Å². The number of rotatable bonds is 7. The van der Waals surface area contributed by atoms with Crippen LogP contribution < -0.4 is 10.6 Å². The SMILES string of the molecule is O=C(CNC(=O)c1ccccc1)NCCS(=O)(=O)c1ccccc1. The molecule has 0 aliphatic carbocycles. The maximum atomic E-state index is 12.0. The van der Waals surface area contributed by atoms with Crippen molar-refractivity contribution in [3.63, 3.8) is 0 Å². The van der Waals surface area contributed by atoms with Crippen LogP contribution in [-0.4, -0.2) is 39.1 Å². The van der Waals surface area contributed by atoms with E-state index in [0.717, 1.165) is 0 Å². The minimum Gasteiger partial charge on any atom is -0.354 e. The van der Waals surface area contributed by atoms with Gasteiger partial charge in [-0.25, -0.2) is 8.42 Å². The summed E-state index contributed by atoms with van der Waals surface area (Å²) in [6.45, 7) is -0.226. The summed E-state index contributed by atoms with van der Waals surface area (Å²) in [5.41, 5.74) is 0.456. The van der Waals surface area contributed by atoms with E-state index in [4.69, 9.17) is 0 Å². The van der Waals surface area contributed by atoms with Crippen molar-refractivity contribution in [2.75, 3.05) is 18.8 Å². The highest BCUT2D eigenvalue weighted by Crippen LogP contribution is 2.09. The van der Waals surface area contributed by atoms with Crippen molar-refractivity contribution >= 4 is 21.7 Å². The number of hydrogen-bond donors (Lipinski definition) is 2. The highest BCUT2D eigenvalue weighted by molar-refractivity contribution is 7.91. The van der Waals surface area contributed by atoms with Crippen LogP contribution in [0.15, 0.2) is 65.6 Å². The van der Waals surface area contributed by atoms with Crippen molar-refractivity contribution < 1.29 is 18.0 Å². The van der Waals surface area contributed by atoms with Gasteiger partial charge < -0.3 is 10.6 Å². The monoisotopic (exact) mass is 346 g/mol. The van der Waals surface area contributed by atoms with Crippen LogP contribution in [0.5, 0.6) is 0 Å². The highest BCUT2D eigenvalue weighted by Gasteiger charge is 2.14. The Labute approximate surface area is 140 Å². The molecule has 0 heterocycles. The second kappa shape index (κ2) is 8.26. The van der Waals surface area contributed by atoms with Gasteiger partial charge in [0.05, 0.1) is 17.2 Å². The molecule has 0 aliphatic heterocycles. The van der Waals surface area contributed by atoms with Gasteiger partial charge in [-0.2, -0.15) is 0 Å². The lowest BCUT2D eigenvalue weighted by atomic mass is 10.2. The number of carbonyl (C=O) groups is 2. The first-order valence-electron chi connectivity index (χ1n) is 7.37. The number of nitrogens with one attached hydrogen (secondary N) is 2. The quantitative estimate of drug-likeness (QED) is 0.782. The van der Waals surface area contributed by atoms with Crippen LogP contribution in [0, 0.1) is 0 Å². The first-order chi connectivity index (χ1) is 11.5. The van der Waals surface area contributed by atoms with E-state index >= 15 is 0 Å². The zero-order valence-electron chi connectivity index (χ0n) is 12.9. The molecule has 0 aliphatic rings. The molecule has 2 rings (SSSR count). The fraction of sp³-hybridized carbons (Fsp3) is 0.176. The van der Waals surface area contributed by atoms with Gasteiger partial charge in [-0.15, -0.1) is 0 Å². The maximum Gasteiger partial charge on any atom is 0.251 e. The van der Waals surface area contributed by atoms with E-state index in [2.05, 4.69) is 10.6 Å². The third-order valence-electron chi connectivity index (χ3n) is 3.24. The lowest BCUT2D eigenvalue weighted by molar-refractivity contribution is -0.120. The van der Waals surface area contributed by atoms with Gasteiger partial charge in [0.1, 0.15) is 0 Å². The lowest BCUT2D eigenvalue weighted by Gasteiger charge is -2.08. The fourth-order valence-corrected chi connectivity index (χ4v) is 3.16. The Morgan fingerprint density at radius 1 is 0.833 bits per heavy atom. The minimum absolute atomic E-state index is 0.0166. The molecular weight excluding hydrogens is 328 g/mol. The zero-order chi connectivity index (χ0) is 17.4. The average Bonchev–Trinajstić information content (AvgIpc) is 2.61. The number of sulfone groups is 1. The van der Waals surface area contributed by atoms with E-state index in [0.29, 0.717) is 5.56 Å². The van der Waals surface area contributed by atoms with Crippen LogP contribution >= 0.6 is 0 Å². The highest BCUT2D eigenvalue weighted by atomic mass is 32.2. The molecule has 0 spiro atoms. The van der Waals surface area contributed by atoms with Gasteiger partial charge in [0, 0.05) is 12.1 Å². The largest absolute Gasteiger partial charge is 0.354 e. The topological polar surface area (TPSA) is 92.3 Å². The molecule has 6 nitrogen and oxygen atoms in total. The number of hydrogen-bond acceptors (Lipinski definition) is 4. The van der Waals surface area contributed by atoms with Crippen LogP contribution in [0.25, 0.3) is 0 Å². The fourth-order valence-electron chi connectivity index (χ4n) is 1.99. The molecule has 2 aromatic carbocycles. The summed E-state index contributed by atoms with van der Waals surface area (Å²) in [4.78, 5) is 23.7. The van der Waals surface area contributed by atoms with Crippen LogP contribution in [0.1, 0.15) is 10.4 Å². The Balaban J connectivity index is 1.75. The molecule has 0 aromatic heterocycles. The van der Waals surface area contributed by atoms with E-state index in [-0.39, 0.29) is 29.6 Å². The normalized spacial score (nSPS) is 10.8. The van der Waals surface area contributed by atoms with E-state index in [1.807, 2.05) is 0 Å². The van der Waals surface area contributed by atoms with Crippen molar-refractivity contribution in [1.82, 2.24) is 10.6 Å². The molecule has 0 bridgehead atoms.